The zero-order valence-electron chi connectivity index (χ0n) is 20.7. The Morgan fingerprint density at radius 2 is 1.85 bits per heavy atom. The van der Waals surface area contributed by atoms with E-state index in [2.05, 4.69) is 25.4 Å². The van der Waals surface area contributed by atoms with Crippen LogP contribution in [-0.2, 0) is 36.1 Å². The molecule has 1 amide bonds. The average molecular weight is 583 g/mol. The fourth-order valence-electron chi connectivity index (χ4n) is 4.19. The van der Waals surface area contributed by atoms with E-state index in [1.165, 1.54) is 4.68 Å². The van der Waals surface area contributed by atoms with E-state index in [0.717, 1.165) is 5.56 Å². The summed E-state index contributed by atoms with van der Waals surface area (Å²) >= 11 is 6.20. The molecule has 0 fully saturated rings. The Labute approximate surface area is 225 Å². The first kappa shape index (κ1) is 27.0. The van der Waals surface area contributed by atoms with E-state index < -0.39 is 22.1 Å². The normalized spacial score (nSPS) is 14.5. The summed E-state index contributed by atoms with van der Waals surface area (Å²) < 4.78 is 65.6. The molecule has 16 heteroatoms. The van der Waals surface area contributed by atoms with Crippen molar-refractivity contribution in [1.29, 1.82) is 0 Å². The van der Waals surface area contributed by atoms with Crippen LogP contribution in [0.15, 0.2) is 30.5 Å². The Kier molecular flexibility index (Phi) is 6.84. The van der Waals surface area contributed by atoms with Crippen molar-refractivity contribution in [1.82, 2.24) is 38.8 Å². The summed E-state index contributed by atoms with van der Waals surface area (Å²) in [5.74, 6) is 0.416. The molecule has 1 aliphatic rings. The Morgan fingerprint density at radius 1 is 1.13 bits per heavy atom. The van der Waals surface area contributed by atoms with E-state index in [0.29, 0.717) is 44.2 Å². The Morgan fingerprint density at radius 3 is 2.51 bits per heavy atom. The lowest BCUT2D eigenvalue weighted by molar-refractivity contribution is -0.0496. The number of sulfonamides is 1. The molecule has 4 aromatic rings. The first-order valence-corrected chi connectivity index (χ1v) is 13.6. The van der Waals surface area contributed by atoms with Crippen LogP contribution in [0.5, 0.6) is 0 Å². The molecular weight excluding hydrogens is 561 g/mol. The number of nitrogens with one attached hydrogen (secondary N) is 1. The molecule has 4 heterocycles. The lowest BCUT2D eigenvalue weighted by atomic mass is 10.1. The minimum Gasteiger partial charge on any atom is -0.347 e. The van der Waals surface area contributed by atoms with E-state index in [9.17, 15) is 26.4 Å². The van der Waals surface area contributed by atoms with Crippen molar-refractivity contribution in [2.45, 2.75) is 45.4 Å². The lowest BCUT2D eigenvalue weighted by Gasteiger charge is -2.26. The molecule has 11 nitrogen and oxygen atoms in total. The van der Waals surface area contributed by atoms with Crippen LogP contribution in [-0.4, -0.2) is 59.8 Å². The number of carbonyl (C=O) groups is 1. The number of amides is 1. The van der Waals surface area contributed by atoms with Gasteiger partial charge in [-0.25, -0.2) is 28.1 Å². The summed E-state index contributed by atoms with van der Waals surface area (Å²) in [7, 11) is -5.45. The molecule has 0 spiro atoms. The summed E-state index contributed by atoms with van der Waals surface area (Å²) in [5, 5.41) is 7.59. The average Bonchev–Trinajstić information content (AvgIpc) is 3.48. The van der Waals surface area contributed by atoms with Gasteiger partial charge in [-0.1, -0.05) is 42.8 Å². The van der Waals surface area contributed by atoms with Gasteiger partial charge in [-0.15, -0.1) is 0 Å². The number of hydrogen-bond acceptors (Lipinski definition) is 7. The summed E-state index contributed by atoms with van der Waals surface area (Å²) in [6, 6.07) is 6.94. The zero-order chi connectivity index (χ0) is 28.1. The van der Waals surface area contributed by atoms with Crippen molar-refractivity contribution >= 4 is 33.3 Å². The molecule has 1 aromatic carbocycles. The Hall–Kier alpha value is -3.56. The third-order valence-electron chi connectivity index (χ3n) is 6.30. The topological polar surface area (TPSA) is 127 Å². The van der Waals surface area contributed by atoms with E-state index in [-0.39, 0.29) is 37.2 Å². The molecule has 1 N–H and O–H groups in total. The highest BCUT2D eigenvalue weighted by atomic mass is 35.5. The molecule has 0 unspecified atom stereocenters. The number of rotatable bonds is 6. The number of halogens is 4. The predicted octanol–water partition coefficient (Wildman–Crippen LogP) is 3.11. The van der Waals surface area contributed by atoms with Crippen LogP contribution in [0.25, 0.3) is 17.2 Å². The molecule has 0 bridgehead atoms. The molecule has 0 saturated heterocycles. The maximum atomic E-state index is 13.0. The molecule has 3 aromatic heterocycles. The van der Waals surface area contributed by atoms with Crippen LogP contribution < -0.4 is 5.32 Å². The molecular formula is C23H22ClF3N8O3S. The quantitative estimate of drug-likeness (QED) is 0.370. The van der Waals surface area contributed by atoms with Crippen LogP contribution in [0, 0.1) is 6.92 Å². The molecule has 5 rings (SSSR count). The summed E-state index contributed by atoms with van der Waals surface area (Å²) in [6.07, 6.45) is 2.14. The van der Waals surface area contributed by atoms with Gasteiger partial charge in [0.1, 0.15) is 11.5 Å². The molecule has 0 aliphatic carbocycles. The molecule has 0 atom stereocenters. The largest absolute Gasteiger partial charge is 0.511 e. The van der Waals surface area contributed by atoms with Gasteiger partial charge in [-0.05, 0) is 18.9 Å². The van der Waals surface area contributed by atoms with E-state index in [1.54, 1.807) is 41.8 Å². The highest BCUT2D eigenvalue weighted by molar-refractivity contribution is 7.89. The van der Waals surface area contributed by atoms with Gasteiger partial charge in [0, 0.05) is 24.8 Å². The zero-order valence-corrected chi connectivity index (χ0v) is 22.3. The molecule has 39 heavy (non-hydrogen) atoms. The third kappa shape index (κ3) is 4.96. The van der Waals surface area contributed by atoms with E-state index >= 15 is 0 Å². The number of hydrogen-bond donors (Lipinski definition) is 1. The van der Waals surface area contributed by atoms with Crippen LogP contribution in [0.4, 0.5) is 13.2 Å². The first-order chi connectivity index (χ1) is 18.4. The standard InChI is InChI=1S/C23H22ClF3N8O3S/c1-3-17-19(34-11-16(24)13(2)29-22(34)30-17)21(36)28-10-14-4-6-15(7-5-14)20-31-18-12-33(8-9-35(18)32-20)39(37,38)23(25,26)27/h4-7,11H,3,8-10,12H2,1-2H3,(H,28,36). The lowest BCUT2D eigenvalue weighted by Crippen LogP contribution is -2.44. The number of imidazole rings is 1. The molecule has 206 valence electrons. The Balaban J connectivity index is 1.29. The number of carbonyl (C=O) groups excluding carboxylic acids is 1. The molecule has 0 saturated carbocycles. The van der Waals surface area contributed by atoms with Gasteiger partial charge in [0.15, 0.2) is 5.82 Å². The van der Waals surface area contributed by atoms with E-state index in [1.807, 2.05) is 6.92 Å². The smallest absolute Gasteiger partial charge is 0.347 e. The van der Waals surface area contributed by atoms with Crippen LogP contribution >= 0.6 is 11.6 Å². The number of benzene rings is 1. The first-order valence-electron chi connectivity index (χ1n) is 11.8. The van der Waals surface area contributed by atoms with Gasteiger partial charge in [0.05, 0.1) is 29.5 Å². The maximum Gasteiger partial charge on any atom is 0.511 e. The van der Waals surface area contributed by atoms with Crippen molar-refractivity contribution in [2.24, 2.45) is 0 Å². The summed E-state index contributed by atoms with van der Waals surface area (Å²) in [6.45, 7) is 2.92. The molecule has 0 radical (unpaired) electrons. The highest BCUT2D eigenvalue weighted by Gasteiger charge is 2.50. The van der Waals surface area contributed by atoms with Crippen molar-refractivity contribution < 1.29 is 26.4 Å². The minimum atomic E-state index is -5.45. The second kappa shape index (κ2) is 9.88. The highest BCUT2D eigenvalue weighted by Crippen LogP contribution is 2.30. The second-order valence-electron chi connectivity index (χ2n) is 8.84. The fraction of sp³-hybridized carbons (Fsp3) is 0.348. The van der Waals surface area contributed by atoms with Crippen LogP contribution in [0.2, 0.25) is 5.02 Å². The van der Waals surface area contributed by atoms with Crippen LogP contribution in [0.3, 0.4) is 0 Å². The number of aromatic nitrogens is 6. The maximum absolute atomic E-state index is 13.0. The van der Waals surface area contributed by atoms with Gasteiger partial charge in [0.25, 0.3) is 5.91 Å². The second-order valence-corrected chi connectivity index (χ2v) is 11.2. The van der Waals surface area contributed by atoms with Gasteiger partial charge >= 0.3 is 15.5 Å². The number of nitrogens with zero attached hydrogens (tertiary/aromatic N) is 7. The molecule has 1 aliphatic heterocycles. The van der Waals surface area contributed by atoms with Crippen LogP contribution in [0.1, 0.15) is 40.2 Å². The monoisotopic (exact) mass is 582 g/mol. The van der Waals surface area contributed by atoms with Crippen molar-refractivity contribution in [3.05, 3.63) is 64.0 Å². The van der Waals surface area contributed by atoms with Crippen molar-refractivity contribution in [3.63, 3.8) is 0 Å². The minimum absolute atomic E-state index is 0.0505. The number of fused-ring (bicyclic) bond motifs is 2. The Bertz CT molecular complexity index is 1680. The third-order valence-corrected chi connectivity index (χ3v) is 8.24. The van der Waals surface area contributed by atoms with Gasteiger partial charge < -0.3 is 5.32 Å². The van der Waals surface area contributed by atoms with Crippen molar-refractivity contribution in [3.8, 4) is 11.4 Å². The number of aryl methyl sites for hydroxylation is 2. The van der Waals surface area contributed by atoms with Crippen molar-refractivity contribution in [2.75, 3.05) is 6.54 Å². The van der Waals surface area contributed by atoms with Gasteiger partial charge in [0.2, 0.25) is 5.78 Å². The van der Waals surface area contributed by atoms with E-state index in [4.69, 9.17) is 11.6 Å². The summed E-state index contributed by atoms with van der Waals surface area (Å²) in [4.78, 5) is 26.1. The number of alkyl halides is 3. The van der Waals surface area contributed by atoms with Gasteiger partial charge in [-0.3, -0.25) is 9.20 Å². The predicted molar refractivity (Wildman–Crippen MR) is 134 cm³/mol. The van der Waals surface area contributed by atoms with Gasteiger partial charge in [-0.2, -0.15) is 22.6 Å². The fourth-order valence-corrected chi connectivity index (χ4v) is 5.23. The summed E-state index contributed by atoms with van der Waals surface area (Å²) in [5.41, 5.74) is -2.46. The SMILES string of the molecule is CCc1nc2nc(C)c(Cl)cn2c1C(=O)NCc1ccc(-c2nc3n(n2)CCN(S(=O)(=O)C(F)(F)F)C3)cc1.